The third-order valence-corrected chi connectivity index (χ3v) is 5.01. The molecule has 28 heavy (non-hydrogen) atoms. The summed E-state index contributed by atoms with van der Waals surface area (Å²) in [6.45, 7) is 3.66. The van der Waals surface area contributed by atoms with Gasteiger partial charge in [0.15, 0.2) is 0 Å². The molecule has 0 spiro atoms. The molecule has 4 rings (SSSR count). The van der Waals surface area contributed by atoms with Gasteiger partial charge in [-0.15, -0.1) is 0 Å². The standard InChI is InChI=1S/C22H24FN3O2/c23-19-9-4-7-17(15-19)21-24-22(28-25-21)18-8-5-12-26(16-18)13-6-14-27-20-10-2-1-3-11-20/h1-4,7,9-11,15,18H,5-6,8,12-14,16H2. The van der Waals surface area contributed by atoms with Gasteiger partial charge in [-0.2, -0.15) is 4.98 Å². The van der Waals surface area contributed by atoms with Crippen LogP contribution in [-0.2, 0) is 0 Å². The molecule has 0 aliphatic carbocycles. The van der Waals surface area contributed by atoms with Crippen LogP contribution >= 0.6 is 0 Å². The average Bonchev–Trinajstić information content (AvgIpc) is 3.23. The molecule has 6 heteroatoms. The van der Waals surface area contributed by atoms with E-state index in [9.17, 15) is 4.39 Å². The van der Waals surface area contributed by atoms with Gasteiger partial charge in [0.2, 0.25) is 11.7 Å². The van der Waals surface area contributed by atoms with E-state index in [4.69, 9.17) is 9.26 Å². The number of benzene rings is 2. The first-order valence-corrected chi connectivity index (χ1v) is 9.78. The van der Waals surface area contributed by atoms with Crippen LogP contribution in [0, 0.1) is 5.82 Å². The molecule has 1 aromatic heterocycles. The topological polar surface area (TPSA) is 51.4 Å². The molecule has 1 saturated heterocycles. The number of ether oxygens (including phenoxy) is 1. The Morgan fingerprint density at radius 1 is 1.14 bits per heavy atom. The molecule has 1 atom stereocenters. The van der Waals surface area contributed by atoms with Crippen LogP contribution in [0.2, 0.25) is 0 Å². The first kappa shape index (κ1) is 18.6. The van der Waals surface area contributed by atoms with Crippen LogP contribution in [0.5, 0.6) is 5.75 Å². The highest BCUT2D eigenvalue weighted by molar-refractivity contribution is 5.53. The van der Waals surface area contributed by atoms with E-state index in [1.165, 1.54) is 12.1 Å². The average molecular weight is 381 g/mol. The highest BCUT2D eigenvalue weighted by Gasteiger charge is 2.26. The van der Waals surface area contributed by atoms with E-state index in [2.05, 4.69) is 15.0 Å². The van der Waals surface area contributed by atoms with Crippen molar-refractivity contribution in [2.45, 2.75) is 25.2 Å². The fraction of sp³-hybridized carbons (Fsp3) is 0.364. The van der Waals surface area contributed by atoms with Crippen molar-refractivity contribution in [3.63, 3.8) is 0 Å². The molecule has 0 N–H and O–H groups in total. The maximum atomic E-state index is 13.4. The molecule has 2 aromatic carbocycles. The van der Waals surface area contributed by atoms with E-state index in [1.54, 1.807) is 12.1 Å². The van der Waals surface area contributed by atoms with Crippen molar-refractivity contribution in [2.75, 3.05) is 26.2 Å². The van der Waals surface area contributed by atoms with E-state index in [1.807, 2.05) is 30.3 Å². The Morgan fingerprint density at radius 3 is 2.89 bits per heavy atom. The van der Waals surface area contributed by atoms with Crippen LogP contribution in [0.3, 0.4) is 0 Å². The van der Waals surface area contributed by atoms with Crippen molar-refractivity contribution in [1.82, 2.24) is 15.0 Å². The number of para-hydroxylation sites is 1. The third-order valence-electron chi connectivity index (χ3n) is 5.01. The highest BCUT2D eigenvalue weighted by atomic mass is 19.1. The van der Waals surface area contributed by atoms with Gasteiger partial charge < -0.3 is 14.2 Å². The summed E-state index contributed by atoms with van der Waals surface area (Å²) in [6.07, 6.45) is 3.10. The Bertz CT molecular complexity index is 884. The van der Waals surface area contributed by atoms with Crippen molar-refractivity contribution in [3.8, 4) is 17.1 Å². The van der Waals surface area contributed by atoms with Crippen LogP contribution in [0.1, 0.15) is 31.1 Å². The van der Waals surface area contributed by atoms with Gasteiger partial charge in [0.05, 0.1) is 12.5 Å². The molecular weight excluding hydrogens is 357 g/mol. The number of hydrogen-bond acceptors (Lipinski definition) is 5. The number of rotatable bonds is 7. The van der Waals surface area contributed by atoms with E-state index < -0.39 is 0 Å². The van der Waals surface area contributed by atoms with Crippen molar-refractivity contribution in [2.24, 2.45) is 0 Å². The molecule has 1 unspecified atom stereocenters. The zero-order valence-electron chi connectivity index (χ0n) is 15.8. The van der Waals surface area contributed by atoms with Gasteiger partial charge >= 0.3 is 0 Å². The van der Waals surface area contributed by atoms with Crippen LogP contribution in [0.25, 0.3) is 11.4 Å². The fourth-order valence-electron chi connectivity index (χ4n) is 3.60. The number of piperidine rings is 1. The molecular formula is C22H24FN3O2. The minimum atomic E-state index is -0.301. The number of nitrogens with zero attached hydrogens (tertiary/aromatic N) is 3. The van der Waals surface area contributed by atoms with Gasteiger partial charge in [0.1, 0.15) is 11.6 Å². The van der Waals surface area contributed by atoms with Crippen LogP contribution in [0.4, 0.5) is 4.39 Å². The Balaban J connectivity index is 1.29. The van der Waals surface area contributed by atoms with Gasteiger partial charge in [-0.25, -0.2) is 4.39 Å². The van der Waals surface area contributed by atoms with Crippen molar-refractivity contribution < 1.29 is 13.7 Å². The van der Waals surface area contributed by atoms with Crippen LogP contribution in [0.15, 0.2) is 59.1 Å². The Labute approximate surface area is 164 Å². The molecule has 0 radical (unpaired) electrons. The first-order chi connectivity index (χ1) is 13.8. The summed E-state index contributed by atoms with van der Waals surface area (Å²) >= 11 is 0. The second-order valence-corrected chi connectivity index (χ2v) is 7.12. The van der Waals surface area contributed by atoms with E-state index >= 15 is 0 Å². The summed E-state index contributed by atoms with van der Waals surface area (Å²) in [7, 11) is 0. The molecule has 146 valence electrons. The second kappa shape index (κ2) is 8.97. The van der Waals surface area contributed by atoms with Gasteiger partial charge in [-0.1, -0.05) is 35.5 Å². The summed E-state index contributed by atoms with van der Waals surface area (Å²) in [6, 6.07) is 16.2. The molecule has 3 aromatic rings. The molecule has 2 heterocycles. The molecule has 1 aliphatic rings. The Hall–Kier alpha value is -2.73. The minimum Gasteiger partial charge on any atom is -0.494 e. The third kappa shape index (κ3) is 4.75. The van der Waals surface area contributed by atoms with Crippen molar-refractivity contribution >= 4 is 0 Å². The van der Waals surface area contributed by atoms with Crippen LogP contribution in [-0.4, -0.2) is 41.3 Å². The van der Waals surface area contributed by atoms with E-state index in [0.29, 0.717) is 23.9 Å². The lowest BCUT2D eigenvalue weighted by atomic mass is 9.98. The van der Waals surface area contributed by atoms with Crippen LogP contribution < -0.4 is 4.74 Å². The number of hydrogen-bond donors (Lipinski definition) is 0. The molecule has 0 saturated carbocycles. The SMILES string of the molecule is Fc1cccc(-c2noc(C3CCCN(CCCOc4ccccc4)C3)n2)c1. The second-order valence-electron chi connectivity index (χ2n) is 7.12. The summed E-state index contributed by atoms with van der Waals surface area (Å²) in [5.41, 5.74) is 0.640. The lowest BCUT2D eigenvalue weighted by molar-refractivity contribution is 0.173. The highest BCUT2D eigenvalue weighted by Crippen LogP contribution is 2.27. The minimum absolute atomic E-state index is 0.221. The predicted molar refractivity (Wildman–Crippen MR) is 105 cm³/mol. The molecule has 0 bridgehead atoms. The number of likely N-dealkylation sites (tertiary alicyclic amines) is 1. The van der Waals surface area contributed by atoms with Gasteiger partial charge in [0.25, 0.3) is 0 Å². The zero-order valence-corrected chi connectivity index (χ0v) is 15.8. The molecule has 1 fully saturated rings. The monoisotopic (exact) mass is 381 g/mol. The maximum Gasteiger partial charge on any atom is 0.231 e. The van der Waals surface area contributed by atoms with Crippen molar-refractivity contribution in [1.29, 1.82) is 0 Å². The lowest BCUT2D eigenvalue weighted by Crippen LogP contribution is -2.35. The summed E-state index contributed by atoms with van der Waals surface area (Å²) in [4.78, 5) is 6.95. The lowest BCUT2D eigenvalue weighted by Gasteiger charge is -2.30. The molecule has 0 amide bonds. The quantitative estimate of drug-likeness (QED) is 0.563. The van der Waals surface area contributed by atoms with Gasteiger partial charge in [-0.3, -0.25) is 0 Å². The summed E-state index contributed by atoms with van der Waals surface area (Å²) in [5.74, 6) is 1.92. The van der Waals surface area contributed by atoms with E-state index in [-0.39, 0.29) is 11.7 Å². The normalized spacial score (nSPS) is 17.5. The molecule has 5 nitrogen and oxygen atoms in total. The summed E-state index contributed by atoms with van der Waals surface area (Å²) in [5, 5.41) is 4.05. The molecule has 1 aliphatic heterocycles. The predicted octanol–water partition coefficient (Wildman–Crippen LogP) is 4.52. The van der Waals surface area contributed by atoms with Gasteiger partial charge in [-0.05, 0) is 50.1 Å². The largest absolute Gasteiger partial charge is 0.494 e. The van der Waals surface area contributed by atoms with Crippen molar-refractivity contribution in [3.05, 3.63) is 66.3 Å². The Morgan fingerprint density at radius 2 is 2.04 bits per heavy atom. The fourth-order valence-corrected chi connectivity index (χ4v) is 3.60. The Kier molecular flexibility index (Phi) is 5.97. The van der Waals surface area contributed by atoms with Gasteiger partial charge in [0, 0.05) is 18.7 Å². The number of halogens is 1. The first-order valence-electron chi connectivity index (χ1n) is 9.78. The van der Waals surface area contributed by atoms with E-state index in [0.717, 1.165) is 44.6 Å². The zero-order chi connectivity index (χ0) is 19.2. The smallest absolute Gasteiger partial charge is 0.231 e. The number of aromatic nitrogens is 2. The maximum absolute atomic E-state index is 13.4. The summed E-state index contributed by atoms with van der Waals surface area (Å²) < 4.78 is 24.7.